The van der Waals surface area contributed by atoms with E-state index in [4.69, 9.17) is 4.74 Å². The van der Waals surface area contributed by atoms with E-state index in [0.717, 1.165) is 42.1 Å². The quantitative estimate of drug-likeness (QED) is 0.837. The average Bonchev–Trinajstić information content (AvgIpc) is 3.09. The number of hydrogen-bond acceptors (Lipinski definition) is 4. The van der Waals surface area contributed by atoms with Crippen molar-refractivity contribution >= 4 is 17.2 Å². The Balaban J connectivity index is 1.52. The van der Waals surface area contributed by atoms with Gasteiger partial charge in [0.1, 0.15) is 0 Å². The summed E-state index contributed by atoms with van der Waals surface area (Å²) in [5, 5.41) is 5.02. The van der Waals surface area contributed by atoms with Crippen LogP contribution in [-0.4, -0.2) is 36.1 Å². The molecule has 0 radical (unpaired) electrons. The van der Waals surface area contributed by atoms with E-state index in [1.165, 1.54) is 16.9 Å². The summed E-state index contributed by atoms with van der Waals surface area (Å²) in [6, 6.07) is 10.6. The fourth-order valence-corrected chi connectivity index (χ4v) is 4.42. The molecule has 0 saturated carbocycles. The van der Waals surface area contributed by atoms with Crippen molar-refractivity contribution in [3.05, 3.63) is 57.3 Å². The predicted octanol–water partition coefficient (Wildman–Crippen LogP) is 3.85. The van der Waals surface area contributed by atoms with Crippen molar-refractivity contribution in [2.24, 2.45) is 0 Å². The minimum Gasteiger partial charge on any atom is -0.373 e. The van der Waals surface area contributed by atoms with Crippen LogP contribution in [0.3, 0.4) is 0 Å². The van der Waals surface area contributed by atoms with E-state index in [1.807, 2.05) is 11.4 Å². The normalized spacial score (nSPS) is 20.9. The van der Waals surface area contributed by atoms with Crippen molar-refractivity contribution in [2.75, 3.05) is 13.1 Å². The van der Waals surface area contributed by atoms with Gasteiger partial charge in [-0.15, -0.1) is 11.3 Å². The fourth-order valence-electron chi connectivity index (χ4n) is 3.51. The summed E-state index contributed by atoms with van der Waals surface area (Å²) < 4.78 is 5.79. The molecule has 1 aromatic carbocycles. The van der Waals surface area contributed by atoms with E-state index in [9.17, 15) is 4.79 Å². The molecule has 1 amide bonds. The maximum absolute atomic E-state index is 12.3. The predicted molar refractivity (Wildman–Crippen MR) is 107 cm³/mol. The number of rotatable bonds is 6. The van der Waals surface area contributed by atoms with Gasteiger partial charge < -0.3 is 10.1 Å². The average molecular weight is 373 g/mol. The number of morpholine rings is 1. The highest BCUT2D eigenvalue weighted by atomic mass is 32.1. The second kappa shape index (κ2) is 8.80. The molecule has 1 aromatic heterocycles. The van der Waals surface area contributed by atoms with Crippen molar-refractivity contribution in [1.29, 1.82) is 0 Å². The van der Waals surface area contributed by atoms with E-state index in [-0.39, 0.29) is 5.91 Å². The lowest BCUT2D eigenvalue weighted by Gasteiger charge is -2.35. The fraction of sp³-hybridized carbons (Fsp3) is 0.476. The molecule has 0 bridgehead atoms. The van der Waals surface area contributed by atoms with Crippen molar-refractivity contribution < 1.29 is 9.53 Å². The number of thiophene rings is 1. The number of benzene rings is 1. The molecule has 1 fully saturated rings. The number of amides is 1. The molecule has 1 aliphatic heterocycles. The molecular weight excluding hydrogens is 344 g/mol. The summed E-state index contributed by atoms with van der Waals surface area (Å²) in [6.45, 7) is 9.79. The van der Waals surface area contributed by atoms with Crippen molar-refractivity contribution in [2.45, 2.75) is 52.5 Å². The second-order valence-electron chi connectivity index (χ2n) is 7.08. The summed E-state index contributed by atoms with van der Waals surface area (Å²) >= 11 is 1.51. The molecule has 2 unspecified atom stereocenters. The molecule has 4 nitrogen and oxygen atoms in total. The Morgan fingerprint density at radius 1 is 1.15 bits per heavy atom. The molecule has 1 aliphatic rings. The highest BCUT2D eigenvalue weighted by Crippen LogP contribution is 2.18. The largest absolute Gasteiger partial charge is 0.373 e. The second-order valence-corrected chi connectivity index (χ2v) is 8.00. The molecule has 2 heterocycles. The van der Waals surface area contributed by atoms with Crippen LogP contribution in [0.1, 0.15) is 47.1 Å². The maximum atomic E-state index is 12.3. The highest BCUT2D eigenvalue weighted by Gasteiger charge is 2.21. The Labute approximate surface area is 160 Å². The Hall–Kier alpha value is -1.69. The number of aryl methyl sites for hydroxylation is 1. The van der Waals surface area contributed by atoms with Gasteiger partial charge in [0, 0.05) is 26.2 Å². The van der Waals surface area contributed by atoms with Gasteiger partial charge in [-0.3, -0.25) is 9.69 Å². The first-order valence-corrected chi connectivity index (χ1v) is 10.2. The van der Waals surface area contributed by atoms with Crippen LogP contribution in [0.2, 0.25) is 0 Å². The minimum atomic E-state index is 0.0252. The summed E-state index contributed by atoms with van der Waals surface area (Å²) in [6.07, 6.45) is 1.47. The van der Waals surface area contributed by atoms with Crippen molar-refractivity contribution in [3.8, 4) is 0 Å². The third-order valence-corrected chi connectivity index (χ3v) is 5.67. The van der Waals surface area contributed by atoms with Crippen LogP contribution in [0.25, 0.3) is 0 Å². The molecular formula is C21H28N2O2S. The molecule has 2 atom stereocenters. The minimum absolute atomic E-state index is 0.0252. The zero-order valence-electron chi connectivity index (χ0n) is 15.8. The highest BCUT2D eigenvalue weighted by molar-refractivity contribution is 7.12. The SMILES string of the molecule is CCc1ccsc1C(=O)NCc1ccc(CN2CC(C)OC(C)C2)cc1. The van der Waals surface area contributed by atoms with E-state index in [2.05, 4.69) is 55.3 Å². The molecule has 0 aliphatic carbocycles. The number of carbonyl (C=O) groups is 1. The van der Waals surface area contributed by atoms with Crippen LogP contribution < -0.4 is 5.32 Å². The third-order valence-electron chi connectivity index (χ3n) is 4.71. The third kappa shape index (κ3) is 4.93. The smallest absolute Gasteiger partial charge is 0.261 e. The zero-order valence-corrected chi connectivity index (χ0v) is 16.6. The topological polar surface area (TPSA) is 41.6 Å². The van der Waals surface area contributed by atoms with Gasteiger partial charge in [0.25, 0.3) is 5.91 Å². The molecule has 140 valence electrons. The lowest BCUT2D eigenvalue weighted by atomic mass is 10.1. The van der Waals surface area contributed by atoms with Gasteiger partial charge in [0.05, 0.1) is 17.1 Å². The zero-order chi connectivity index (χ0) is 18.5. The van der Waals surface area contributed by atoms with Crippen LogP contribution in [0, 0.1) is 0 Å². The van der Waals surface area contributed by atoms with E-state index < -0.39 is 0 Å². The summed E-state index contributed by atoms with van der Waals surface area (Å²) in [5.41, 5.74) is 3.55. The molecule has 3 rings (SSSR count). The van der Waals surface area contributed by atoms with Crippen molar-refractivity contribution in [1.82, 2.24) is 10.2 Å². The molecule has 1 N–H and O–H groups in total. The van der Waals surface area contributed by atoms with Gasteiger partial charge in [-0.2, -0.15) is 0 Å². The van der Waals surface area contributed by atoms with Gasteiger partial charge in [0.2, 0.25) is 0 Å². The Bertz CT molecular complexity index is 716. The van der Waals surface area contributed by atoms with Crippen LogP contribution in [0.15, 0.2) is 35.7 Å². The molecule has 1 saturated heterocycles. The number of nitrogens with one attached hydrogen (secondary N) is 1. The van der Waals surface area contributed by atoms with Gasteiger partial charge >= 0.3 is 0 Å². The Kier molecular flexibility index (Phi) is 6.46. The molecule has 0 spiro atoms. The van der Waals surface area contributed by atoms with Crippen molar-refractivity contribution in [3.63, 3.8) is 0 Å². The summed E-state index contributed by atoms with van der Waals surface area (Å²) in [7, 11) is 0. The Morgan fingerprint density at radius 3 is 2.46 bits per heavy atom. The van der Waals surface area contributed by atoms with Gasteiger partial charge in [-0.05, 0) is 48.4 Å². The number of hydrogen-bond donors (Lipinski definition) is 1. The number of carbonyl (C=O) groups excluding carboxylic acids is 1. The van der Waals surface area contributed by atoms with Gasteiger partial charge in [-0.25, -0.2) is 0 Å². The molecule has 2 aromatic rings. The Morgan fingerprint density at radius 2 is 1.81 bits per heavy atom. The van der Waals surface area contributed by atoms with Crippen LogP contribution in [-0.2, 0) is 24.2 Å². The van der Waals surface area contributed by atoms with Crippen LogP contribution in [0.5, 0.6) is 0 Å². The first-order chi connectivity index (χ1) is 12.5. The lowest BCUT2D eigenvalue weighted by molar-refractivity contribution is -0.0704. The maximum Gasteiger partial charge on any atom is 0.261 e. The van der Waals surface area contributed by atoms with Crippen LogP contribution in [0.4, 0.5) is 0 Å². The van der Waals surface area contributed by atoms with Gasteiger partial charge in [-0.1, -0.05) is 31.2 Å². The standard InChI is InChI=1S/C21H28N2O2S/c1-4-19-9-10-26-20(19)21(24)22-11-17-5-7-18(8-6-17)14-23-12-15(2)25-16(3)13-23/h5-10,15-16H,4,11-14H2,1-3H3,(H,22,24). The van der Waals surface area contributed by atoms with E-state index in [0.29, 0.717) is 18.8 Å². The molecule has 26 heavy (non-hydrogen) atoms. The van der Waals surface area contributed by atoms with E-state index in [1.54, 1.807) is 0 Å². The summed E-state index contributed by atoms with van der Waals surface area (Å²) in [4.78, 5) is 15.6. The lowest BCUT2D eigenvalue weighted by Crippen LogP contribution is -2.44. The van der Waals surface area contributed by atoms with Gasteiger partial charge in [0.15, 0.2) is 0 Å². The first-order valence-electron chi connectivity index (χ1n) is 9.35. The monoisotopic (exact) mass is 372 g/mol. The molecule has 5 heteroatoms. The number of ether oxygens (including phenoxy) is 1. The van der Waals surface area contributed by atoms with Crippen LogP contribution >= 0.6 is 11.3 Å². The summed E-state index contributed by atoms with van der Waals surface area (Å²) in [5.74, 6) is 0.0252. The number of nitrogens with zero attached hydrogens (tertiary/aromatic N) is 1. The first kappa shape index (κ1) is 19.1. The van der Waals surface area contributed by atoms with E-state index >= 15 is 0 Å².